The van der Waals surface area contributed by atoms with Gasteiger partial charge >= 0.3 is 12.8 Å². The van der Waals surface area contributed by atoms with Gasteiger partial charge in [-0.15, -0.1) is 0 Å². The molecule has 2 N–H and O–H groups in total. The number of pyridine rings is 1. The van der Waals surface area contributed by atoms with E-state index >= 15 is 0 Å². The monoisotopic (exact) mass is 432 g/mol. The third-order valence-electron chi connectivity index (χ3n) is 3.61. The lowest BCUT2D eigenvalue weighted by Crippen LogP contribution is -2.36. The molecule has 2 rings (SSSR count). The fourth-order valence-electron chi connectivity index (χ4n) is 2.37. The molecule has 0 atom stereocenters. The number of halogens is 5. The molecule has 1 aromatic heterocycles. The van der Waals surface area contributed by atoms with Crippen LogP contribution < -0.4 is 20.1 Å². The lowest BCUT2D eigenvalue weighted by Gasteiger charge is -2.15. The van der Waals surface area contributed by atoms with E-state index in [1.54, 1.807) is 30.3 Å². The van der Waals surface area contributed by atoms with Crippen LogP contribution in [0.15, 0.2) is 47.6 Å². The largest absolute Gasteiger partial charge is 0.468 e. The van der Waals surface area contributed by atoms with Crippen LogP contribution in [0.3, 0.4) is 0 Å². The van der Waals surface area contributed by atoms with Crippen LogP contribution in [0.5, 0.6) is 11.6 Å². The second-order valence-electron chi connectivity index (χ2n) is 5.91. The van der Waals surface area contributed by atoms with Gasteiger partial charge in [-0.1, -0.05) is 24.3 Å². The first-order chi connectivity index (χ1) is 14.3. The Kier molecular flexibility index (Phi) is 8.63. The van der Waals surface area contributed by atoms with Gasteiger partial charge in [-0.05, 0) is 19.1 Å². The average Bonchev–Trinajstić information content (AvgIpc) is 2.69. The summed E-state index contributed by atoms with van der Waals surface area (Å²) in [5.74, 6) is 0.200. The average molecular weight is 432 g/mol. The predicted octanol–water partition coefficient (Wildman–Crippen LogP) is 3.88. The van der Waals surface area contributed by atoms with Crippen molar-refractivity contribution in [2.45, 2.75) is 32.8 Å². The van der Waals surface area contributed by atoms with Crippen LogP contribution in [0, 0.1) is 0 Å². The van der Waals surface area contributed by atoms with E-state index in [4.69, 9.17) is 4.74 Å². The predicted molar refractivity (Wildman–Crippen MR) is 101 cm³/mol. The molecule has 11 heteroatoms. The van der Waals surface area contributed by atoms with Gasteiger partial charge in [0.05, 0.1) is 6.54 Å². The molecule has 2 aromatic rings. The molecule has 0 aliphatic heterocycles. The highest BCUT2D eigenvalue weighted by molar-refractivity contribution is 5.79. The van der Waals surface area contributed by atoms with Gasteiger partial charge in [0.2, 0.25) is 5.88 Å². The number of aromatic nitrogens is 1. The van der Waals surface area contributed by atoms with Crippen LogP contribution >= 0.6 is 0 Å². The highest BCUT2D eigenvalue weighted by Gasteiger charge is 2.29. The molecule has 0 aliphatic carbocycles. The molecule has 0 fully saturated rings. The lowest BCUT2D eigenvalue weighted by molar-refractivity contribution is -0.154. The van der Waals surface area contributed by atoms with E-state index in [9.17, 15) is 22.0 Å². The van der Waals surface area contributed by atoms with Crippen molar-refractivity contribution in [2.75, 3.05) is 13.2 Å². The van der Waals surface area contributed by atoms with Crippen LogP contribution in [0.2, 0.25) is 0 Å². The van der Waals surface area contributed by atoms with Gasteiger partial charge in [0.1, 0.15) is 5.75 Å². The first-order valence-electron chi connectivity index (χ1n) is 8.97. The van der Waals surface area contributed by atoms with Crippen molar-refractivity contribution in [1.82, 2.24) is 15.6 Å². The van der Waals surface area contributed by atoms with Crippen LogP contribution in [0.1, 0.15) is 18.1 Å². The highest BCUT2D eigenvalue weighted by atomic mass is 19.4. The second kappa shape index (κ2) is 11.2. The minimum Gasteiger partial charge on any atom is -0.468 e. The van der Waals surface area contributed by atoms with Crippen molar-refractivity contribution in [3.8, 4) is 11.6 Å². The van der Waals surface area contributed by atoms with Crippen molar-refractivity contribution in [3.05, 3.63) is 53.7 Å². The molecule has 30 heavy (non-hydrogen) atoms. The minimum atomic E-state index is -4.48. The number of rotatable bonds is 9. The van der Waals surface area contributed by atoms with E-state index < -0.39 is 19.4 Å². The molecule has 0 radical (unpaired) electrons. The van der Waals surface area contributed by atoms with E-state index in [0.717, 1.165) is 0 Å². The van der Waals surface area contributed by atoms with Crippen LogP contribution in [0.25, 0.3) is 0 Å². The molecule has 0 unspecified atom stereocenters. The third-order valence-corrected chi connectivity index (χ3v) is 3.61. The number of benzene rings is 1. The standard InChI is InChI=1S/C19H21F5N4O2/c1-2-25-18(27-10-13-6-3-4-8-15(13)30-17(20)21)28-11-14-7-5-9-26-16(14)29-12-19(22,23)24/h3-9,17H,2,10-12H2,1H3,(H2,25,27,28). The van der Waals surface area contributed by atoms with Crippen molar-refractivity contribution >= 4 is 5.96 Å². The van der Waals surface area contributed by atoms with Crippen LogP contribution in [0.4, 0.5) is 22.0 Å². The number of hydrogen-bond acceptors (Lipinski definition) is 4. The number of guanidine groups is 1. The summed E-state index contributed by atoms with van der Waals surface area (Å²) < 4.78 is 71.5. The first-order valence-corrected chi connectivity index (χ1v) is 8.97. The van der Waals surface area contributed by atoms with E-state index in [1.165, 1.54) is 12.3 Å². The lowest BCUT2D eigenvalue weighted by atomic mass is 10.2. The molecule has 1 aromatic carbocycles. The Morgan fingerprint density at radius 2 is 1.83 bits per heavy atom. The van der Waals surface area contributed by atoms with E-state index in [-0.39, 0.29) is 24.7 Å². The van der Waals surface area contributed by atoms with Gasteiger partial charge in [0.15, 0.2) is 12.6 Å². The van der Waals surface area contributed by atoms with Crippen molar-refractivity contribution < 1.29 is 31.4 Å². The Balaban J connectivity index is 2.07. The summed E-state index contributed by atoms with van der Waals surface area (Å²) in [6, 6.07) is 9.41. The summed E-state index contributed by atoms with van der Waals surface area (Å²) in [6.45, 7) is -1.95. The molecular formula is C19H21F5N4O2. The van der Waals surface area contributed by atoms with Crippen molar-refractivity contribution in [3.63, 3.8) is 0 Å². The molecule has 0 spiro atoms. The molecule has 0 amide bonds. The highest BCUT2D eigenvalue weighted by Crippen LogP contribution is 2.21. The number of nitrogens with zero attached hydrogens (tertiary/aromatic N) is 2. The van der Waals surface area contributed by atoms with Gasteiger partial charge in [0, 0.05) is 30.4 Å². The number of hydrogen-bond donors (Lipinski definition) is 2. The van der Waals surface area contributed by atoms with Crippen molar-refractivity contribution in [1.29, 1.82) is 0 Å². The number of ether oxygens (including phenoxy) is 2. The van der Waals surface area contributed by atoms with Crippen molar-refractivity contribution in [2.24, 2.45) is 4.99 Å². The van der Waals surface area contributed by atoms with Gasteiger partial charge in [-0.2, -0.15) is 22.0 Å². The smallest absolute Gasteiger partial charge is 0.422 e. The fraction of sp³-hybridized carbons (Fsp3) is 0.368. The molecule has 0 saturated heterocycles. The van der Waals surface area contributed by atoms with E-state index in [2.05, 4.69) is 25.3 Å². The van der Waals surface area contributed by atoms with Crippen LogP contribution in [-0.4, -0.2) is 36.9 Å². The minimum absolute atomic E-state index is 0.00839. The molecule has 1 heterocycles. The Morgan fingerprint density at radius 1 is 1.10 bits per heavy atom. The van der Waals surface area contributed by atoms with E-state index in [1.807, 2.05) is 6.92 Å². The molecule has 6 nitrogen and oxygen atoms in total. The summed E-state index contributed by atoms with van der Waals surface area (Å²) in [5.41, 5.74) is 0.847. The van der Waals surface area contributed by atoms with Gasteiger partial charge in [-0.3, -0.25) is 0 Å². The summed E-state index contributed by atoms with van der Waals surface area (Å²) in [5, 5.41) is 5.94. The van der Waals surface area contributed by atoms with Gasteiger partial charge < -0.3 is 20.1 Å². The Labute approximate surface area is 170 Å². The third kappa shape index (κ3) is 8.10. The number of nitrogens with one attached hydrogen (secondary N) is 2. The molecule has 0 bridgehead atoms. The normalized spacial score (nSPS) is 12.0. The zero-order valence-corrected chi connectivity index (χ0v) is 16.0. The Hall–Kier alpha value is -3.11. The van der Waals surface area contributed by atoms with Crippen LogP contribution in [-0.2, 0) is 13.1 Å². The zero-order chi connectivity index (χ0) is 22.0. The summed E-state index contributed by atoms with van der Waals surface area (Å²) in [7, 11) is 0. The van der Waals surface area contributed by atoms with Gasteiger partial charge in [-0.25, -0.2) is 9.98 Å². The number of aliphatic imine (C=N–C) groups is 1. The van der Waals surface area contributed by atoms with E-state index in [0.29, 0.717) is 23.6 Å². The number of alkyl halides is 5. The zero-order valence-electron chi connectivity index (χ0n) is 16.0. The quantitative estimate of drug-likeness (QED) is 0.358. The summed E-state index contributed by atoms with van der Waals surface area (Å²) in [4.78, 5) is 8.12. The first kappa shape index (κ1) is 23.2. The maximum atomic E-state index is 12.5. The Bertz CT molecular complexity index is 831. The Morgan fingerprint density at radius 3 is 2.53 bits per heavy atom. The summed E-state index contributed by atoms with van der Waals surface area (Å²) in [6.07, 6.45) is -3.16. The maximum Gasteiger partial charge on any atom is 0.422 e. The van der Waals surface area contributed by atoms with Gasteiger partial charge in [0.25, 0.3) is 0 Å². The fourth-order valence-corrected chi connectivity index (χ4v) is 2.37. The topological polar surface area (TPSA) is 67.8 Å². The SMILES string of the molecule is CCNC(=NCc1cccnc1OCC(F)(F)F)NCc1ccccc1OC(F)F. The second-order valence-corrected chi connectivity index (χ2v) is 5.91. The summed E-state index contributed by atoms with van der Waals surface area (Å²) >= 11 is 0. The number of para-hydroxylation sites is 1. The molecule has 0 saturated carbocycles. The molecular weight excluding hydrogens is 411 g/mol. The molecule has 0 aliphatic rings. The maximum absolute atomic E-state index is 12.5. The molecule has 164 valence electrons.